The molecule has 7 nitrogen and oxygen atoms in total. The molecule has 0 saturated carbocycles. The van der Waals surface area contributed by atoms with Gasteiger partial charge in [-0.05, 0) is 18.2 Å². The number of benzene rings is 1. The minimum atomic E-state index is -1.01. The molecule has 8 heteroatoms. The number of carboxylic acid groups (broad SMARTS) is 1. The van der Waals surface area contributed by atoms with Crippen LogP contribution >= 0.6 is 11.6 Å². The summed E-state index contributed by atoms with van der Waals surface area (Å²) in [5.41, 5.74) is 0.146. The summed E-state index contributed by atoms with van der Waals surface area (Å²) in [7, 11) is 0. The molecule has 1 aromatic heterocycles. The Morgan fingerprint density at radius 3 is 3.05 bits per heavy atom. The number of hydrogen-bond donors (Lipinski definition) is 1. The third-order valence-electron chi connectivity index (χ3n) is 3.53. The normalized spacial score (nSPS) is 14.6. The standard InChI is InChI=1S/C14H15ClN4O3/c15-11-7-10(14(20)21)1-2-12(11)22-6-5-18-3-4-19-13(8-18)16-9-17-19/h1-2,7,9H,3-6,8H2,(H,20,21). The number of aromatic nitrogens is 3. The second-order valence-electron chi connectivity index (χ2n) is 4.97. The van der Waals surface area contributed by atoms with E-state index in [4.69, 9.17) is 21.4 Å². The van der Waals surface area contributed by atoms with Crippen molar-refractivity contribution in [1.29, 1.82) is 0 Å². The summed E-state index contributed by atoms with van der Waals surface area (Å²) in [5, 5.41) is 13.3. The van der Waals surface area contributed by atoms with Gasteiger partial charge in [0.2, 0.25) is 0 Å². The van der Waals surface area contributed by atoms with Crippen LogP contribution in [0.15, 0.2) is 24.5 Å². The maximum atomic E-state index is 10.8. The fraction of sp³-hybridized carbons (Fsp3) is 0.357. The average molecular weight is 323 g/mol. The molecule has 1 aliphatic heterocycles. The van der Waals surface area contributed by atoms with Gasteiger partial charge in [-0.25, -0.2) is 14.5 Å². The van der Waals surface area contributed by atoms with Crippen LogP contribution in [0.25, 0.3) is 0 Å². The van der Waals surface area contributed by atoms with E-state index in [1.54, 1.807) is 12.4 Å². The highest BCUT2D eigenvalue weighted by molar-refractivity contribution is 6.32. The molecule has 0 aliphatic carbocycles. The summed E-state index contributed by atoms with van der Waals surface area (Å²) in [5.74, 6) is 0.438. The summed E-state index contributed by atoms with van der Waals surface area (Å²) < 4.78 is 7.54. The minimum absolute atomic E-state index is 0.146. The van der Waals surface area contributed by atoms with Crippen molar-refractivity contribution in [3.8, 4) is 5.75 Å². The highest BCUT2D eigenvalue weighted by Crippen LogP contribution is 2.25. The quantitative estimate of drug-likeness (QED) is 0.899. The molecule has 22 heavy (non-hydrogen) atoms. The molecule has 0 fully saturated rings. The van der Waals surface area contributed by atoms with E-state index in [9.17, 15) is 4.79 Å². The molecule has 0 unspecified atom stereocenters. The number of halogens is 1. The monoisotopic (exact) mass is 322 g/mol. The summed E-state index contributed by atoms with van der Waals surface area (Å²) in [4.78, 5) is 17.3. The molecule has 2 heterocycles. The predicted octanol–water partition coefficient (Wildman–Crippen LogP) is 1.52. The maximum Gasteiger partial charge on any atom is 0.335 e. The fourth-order valence-corrected chi connectivity index (χ4v) is 2.57. The van der Waals surface area contributed by atoms with E-state index in [0.29, 0.717) is 17.4 Å². The second-order valence-corrected chi connectivity index (χ2v) is 5.38. The van der Waals surface area contributed by atoms with E-state index in [0.717, 1.165) is 32.0 Å². The van der Waals surface area contributed by atoms with Crippen molar-refractivity contribution in [1.82, 2.24) is 19.7 Å². The number of fused-ring (bicyclic) bond motifs is 1. The van der Waals surface area contributed by atoms with E-state index in [1.807, 2.05) is 4.68 Å². The number of hydrogen-bond acceptors (Lipinski definition) is 5. The first-order valence-electron chi connectivity index (χ1n) is 6.88. The lowest BCUT2D eigenvalue weighted by Gasteiger charge is -2.26. The number of carboxylic acids is 1. The highest BCUT2D eigenvalue weighted by Gasteiger charge is 2.17. The number of nitrogens with zero attached hydrogens (tertiary/aromatic N) is 4. The molecule has 3 rings (SSSR count). The van der Waals surface area contributed by atoms with E-state index < -0.39 is 5.97 Å². The molecule has 0 spiro atoms. The van der Waals surface area contributed by atoms with Crippen LogP contribution in [0.4, 0.5) is 0 Å². The number of ether oxygens (including phenoxy) is 1. The SMILES string of the molecule is O=C(O)c1ccc(OCCN2CCn3ncnc3C2)c(Cl)c1. The maximum absolute atomic E-state index is 10.8. The largest absolute Gasteiger partial charge is 0.491 e. The molecule has 0 bridgehead atoms. The summed E-state index contributed by atoms with van der Waals surface area (Å²) in [6.45, 7) is 3.67. The first-order chi connectivity index (χ1) is 10.6. The fourth-order valence-electron chi connectivity index (χ4n) is 2.34. The molecule has 0 amide bonds. The van der Waals surface area contributed by atoms with Crippen molar-refractivity contribution in [3.63, 3.8) is 0 Å². The minimum Gasteiger partial charge on any atom is -0.491 e. The Labute approximate surface area is 132 Å². The Morgan fingerprint density at radius 2 is 2.27 bits per heavy atom. The van der Waals surface area contributed by atoms with E-state index in [-0.39, 0.29) is 5.56 Å². The number of rotatable bonds is 5. The molecule has 2 aromatic rings. The van der Waals surface area contributed by atoms with Crippen LogP contribution < -0.4 is 4.74 Å². The molecular formula is C14H15ClN4O3. The van der Waals surface area contributed by atoms with Crippen LogP contribution in [0, 0.1) is 0 Å². The molecular weight excluding hydrogens is 308 g/mol. The molecule has 0 saturated heterocycles. The van der Waals surface area contributed by atoms with Crippen LogP contribution in [-0.4, -0.2) is 50.4 Å². The van der Waals surface area contributed by atoms with E-state index >= 15 is 0 Å². The van der Waals surface area contributed by atoms with Crippen LogP contribution in [0.2, 0.25) is 5.02 Å². The smallest absolute Gasteiger partial charge is 0.335 e. The zero-order valence-corrected chi connectivity index (χ0v) is 12.5. The Bertz CT molecular complexity index is 688. The van der Waals surface area contributed by atoms with Gasteiger partial charge in [0.15, 0.2) is 0 Å². The first kappa shape index (κ1) is 14.8. The molecule has 0 radical (unpaired) electrons. The van der Waals surface area contributed by atoms with Crippen molar-refractivity contribution in [2.24, 2.45) is 0 Å². The first-order valence-corrected chi connectivity index (χ1v) is 7.26. The molecule has 1 aliphatic rings. The van der Waals surface area contributed by atoms with Crippen molar-refractivity contribution < 1.29 is 14.6 Å². The van der Waals surface area contributed by atoms with E-state index in [2.05, 4.69) is 15.0 Å². The molecule has 1 aromatic carbocycles. The van der Waals surface area contributed by atoms with Gasteiger partial charge in [0.25, 0.3) is 0 Å². The Balaban J connectivity index is 1.52. The summed E-state index contributed by atoms with van der Waals surface area (Å²) >= 11 is 6.02. The Kier molecular flexibility index (Phi) is 4.26. The van der Waals surface area contributed by atoms with Gasteiger partial charge in [-0.15, -0.1) is 0 Å². The lowest BCUT2D eigenvalue weighted by Crippen LogP contribution is -2.36. The third-order valence-corrected chi connectivity index (χ3v) is 3.83. The Morgan fingerprint density at radius 1 is 1.41 bits per heavy atom. The number of carbonyl (C=O) groups is 1. The van der Waals surface area contributed by atoms with Crippen molar-refractivity contribution in [2.45, 2.75) is 13.1 Å². The average Bonchev–Trinajstić information content (AvgIpc) is 2.96. The van der Waals surface area contributed by atoms with Crippen LogP contribution in [0.1, 0.15) is 16.2 Å². The van der Waals surface area contributed by atoms with Gasteiger partial charge in [0.05, 0.1) is 23.7 Å². The van der Waals surface area contributed by atoms with Crippen LogP contribution in [-0.2, 0) is 13.1 Å². The van der Waals surface area contributed by atoms with Gasteiger partial charge in [0, 0.05) is 13.1 Å². The zero-order valence-electron chi connectivity index (χ0n) is 11.8. The van der Waals surface area contributed by atoms with Crippen molar-refractivity contribution in [3.05, 3.63) is 40.9 Å². The lowest BCUT2D eigenvalue weighted by atomic mass is 10.2. The molecule has 1 N–H and O–H groups in total. The van der Waals surface area contributed by atoms with Crippen LogP contribution in [0.5, 0.6) is 5.75 Å². The van der Waals surface area contributed by atoms with Gasteiger partial charge in [-0.3, -0.25) is 4.90 Å². The van der Waals surface area contributed by atoms with E-state index in [1.165, 1.54) is 12.1 Å². The Hall–Kier alpha value is -2.12. The van der Waals surface area contributed by atoms with Gasteiger partial charge in [0.1, 0.15) is 24.5 Å². The third kappa shape index (κ3) is 3.20. The van der Waals surface area contributed by atoms with Crippen molar-refractivity contribution in [2.75, 3.05) is 19.7 Å². The van der Waals surface area contributed by atoms with Crippen molar-refractivity contribution >= 4 is 17.6 Å². The predicted molar refractivity (Wildman–Crippen MR) is 79.2 cm³/mol. The number of aromatic carboxylic acids is 1. The van der Waals surface area contributed by atoms with Gasteiger partial charge in [-0.2, -0.15) is 5.10 Å². The summed E-state index contributed by atoms with van der Waals surface area (Å²) in [6.07, 6.45) is 1.57. The summed E-state index contributed by atoms with van der Waals surface area (Å²) in [6, 6.07) is 4.45. The second kappa shape index (κ2) is 6.33. The van der Waals surface area contributed by atoms with Gasteiger partial charge in [-0.1, -0.05) is 11.6 Å². The topological polar surface area (TPSA) is 80.5 Å². The zero-order chi connectivity index (χ0) is 15.5. The van der Waals surface area contributed by atoms with Gasteiger partial charge < -0.3 is 9.84 Å². The molecule has 0 atom stereocenters. The van der Waals surface area contributed by atoms with Crippen LogP contribution in [0.3, 0.4) is 0 Å². The highest BCUT2D eigenvalue weighted by atomic mass is 35.5. The van der Waals surface area contributed by atoms with Gasteiger partial charge >= 0.3 is 5.97 Å². The molecule has 116 valence electrons. The lowest BCUT2D eigenvalue weighted by molar-refractivity contribution is 0.0697.